The first-order valence-corrected chi connectivity index (χ1v) is 6.43. The molecule has 1 aliphatic heterocycles. The highest BCUT2D eigenvalue weighted by Gasteiger charge is 2.20. The molecule has 0 atom stereocenters. The molecule has 19 heavy (non-hydrogen) atoms. The summed E-state index contributed by atoms with van der Waals surface area (Å²) in [5.74, 6) is 0.519. The lowest BCUT2D eigenvalue weighted by atomic mass is 9.99. The van der Waals surface area contributed by atoms with E-state index in [1.54, 1.807) is 10.9 Å². The van der Waals surface area contributed by atoms with Crippen molar-refractivity contribution in [1.29, 1.82) is 0 Å². The number of rotatable bonds is 3. The number of hydrogen-bond acceptors (Lipinski definition) is 4. The number of carbonyl (C=O) groups is 1. The maximum atomic E-state index is 11.9. The number of nitrogens with one attached hydrogen (secondary N) is 2. The number of carbonyl (C=O) groups excluding carboxylic acids is 1. The molecular weight excluding hydrogens is 242 g/mol. The second-order valence-corrected chi connectivity index (χ2v) is 5.08. The summed E-state index contributed by atoms with van der Waals surface area (Å²) in [7, 11) is 1.87. The normalized spacial score (nSPS) is 15.5. The molecule has 2 N–H and O–H groups in total. The first kappa shape index (κ1) is 12.1. The average Bonchev–Trinajstić information content (AvgIpc) is 2.60. The molecule has 1 amide bonds. The van der Waals surface area contributed by atoms with E-state index in [-0.39, 0.29) is 5.91 Å². The number of fused-ring (bicyclic) bond motifs is 1. The van der Waals surface area contributed by atoms with Gasteiger partial charge in [-0.05, 0) is 32.0 Å². The number of amides is 1. The summed E-state index contributed by atoms with van der Waals surface area (Å²) < 4.78 is 1.75. The van der Waals surface area contributed by atoms with Crippen LogP contribution in [0.25, 0.3) is 11.0 Å². The zero-order valence-electron chi connectivity index (χ0n) is 11.1. The molecule has 1 saturated heterocycles. The Labute approximate surface area is 111 Å². The van der Waals surface area contributed by atoms with Crippen LogP contribution in [0, 0.1) is 12.8 Å². The molecule has 1 fully saturated rings. The van der Waals surface area contributed by atoms with Crippen molar-refractivity contribution in [3.05, 3.63) is 18.0 Å². The topological polar surface area (TPSA) is 71.8 Å². The molecule has 2 aromatic rings. The van der Waals surface area contributed by atoms with Gasteiger partial charge in [0.15, 0.2) is 5.65 Å². The Balaban J connectivity index is 1.77. The standard InChI is InChI=1S/C13H17N5O/c1-8-11-4-10(7-15-13(11)18(2)17-8)16-12(19)3-9-5-14-6-9/h4,7,9,14H,3,5-6H2,1-2H3,(H,16,19). The maximum Gasteiger partial charge on any atom is 0.224 e. The minimum absolute atomic E-state index is 0.0502. The van der Waals surface area contributed by atoms with Gasteiger partial charge in [0.1, 0.15) is 0 Å². The fraction of sp³-hybridized carbons (Fsp3) is 0.462. The van der Waals surface area contributed by atoms with Crippen LogP contribution >= 0.6 is 0 Å². The highest BCUT2D eigenvalue weighted by Crippen LogP contribution is 2.19. The van der Waals surface area contributed by atoms with Crippen LogP contribution in [0.3, 0.4) is 0 Å². The number of aromatic nitrogens is 3. The molecule has 100 valence electrons. The van der Waals surface area contributed by atoms with Crippen molar-refractivity contribution < 1.29 is 4.79 Å². The summed E-state index contributed by atoms with van der Waals surface area (Å²) in [6, 6.07) is 1.93. The summed E-state index contributed by atoms with van der Waals surface area (Å²) in [5, 5.41) is 11.4. The predicted octanol–water partition coefficient (Wildman–Crippen LogP) is 0.825. The summed E-state index contributed by atoms with van der Waals surface area (Å²) in [5.41, 5.74) is 2.49. The van der Waals surface area contributed by atoms with Crippen LogP contribution in [0.4, 0.5) is 5.69 Å². The van der Waals surface area contributed by atoms with Crippen LogP contribution < -0.4 is 10.6 Å². The zero-order valence-corrected chi connectivity index (χ0v) is 11.1. The Morgan fingerprint density at radius 3 is 3.05 bits per heavy atom. The van der Waals surface area contributed by atoms with Gasteiger partial charge < -0.3 is 10.6 Å². The van der Waals surface area contributed by atoms with Crippen molar-refractivity contribution in [3.8, 4) is 0 Å². The van der Waals surface area contributed by atoms with Gasteiger partial charge in [-0.1, -0.05) is 0 Å². The molecular formula is C13H17N5O. The lowest BCUT2D eigenvalue weighted by Crippen LogP contribution is -2.43. The largest absolute Gasteiger partial charge is 0.325 e. The first-order valence-electron chi connectivity index (χ1n) is 6.43. The minimum Gasteiger partial charge on any atom is -0.325 e. The Morgan fingerprint density at radius 2 is 2.37 bits per heavy atom. The van der Waals surface area contributed by atoms with Crippen molar-refractivity contribution in [3.63, 3.8) is 0 Å². The van der Waals surface area contributed by atoms with Gasteiger partial charge in [0.25, 0.3) is 0 Å². The Bertz CT molecular complexity index is 629. The third kappa shape index (κ3) is 2.31. The highest BCUT2D eigenvalue weighted by molar-refractivity contribution is 5.93. The predicted molar refractivity (Wildman–Crippen MR) is 72.9 cm³/mol. The smallest absolute Gasteiger partial charge is 0.224 e. The van der Waals surface area contributed by atoms with E-state index in [4.69, 9.17) is 0 Å². The van der Waals surface area contributed by atoms with Crippen LogP contribution in [-0.4, -0.2) is 33.8 Å². The highest BCUT2D eigenvalue weighted by atomic mass is 16.1. The number of nitrogens with zero attached hydrogens (tertiary/aromatic N) is 3. The van der Waals surface area contributed by atoms with Crippen LogP contribution in [0.2, 0.25) is 0 Å². The molecule has 6 heteroatoms. The fourth-order valence-electron chi connectivity index (χ4n) is 2.34. The Hall–Kier alpha value is -1.95. The van der Waals surface area contributed by atoms with E-state index in [1.807, 2.05) is 20.0 Å². The molecule has 1 aliphatic rings. The van der Waals surface area contributed by atoms with Gasteiger partial charge in [0.2, 0.25) is 5.91 Å². The fourth-order valence-corrected chi connectivity index (χ4v) is 2.34. The average molecular weight is 259 g/mol. The zero-order chi connectivity index (χ0) is 13.4. The number of pyridine rings is 1. The number of aryl methyl sites for hydroxylation is 2. The van der Waals surface area contributed by atoms with E-state index in [2.05, 4.69) is 20.7 Å². The van der Waals surface area contributed by atoms with E-state index in [9.17, 15) is 4.79 Å². The van der Waals surface area contributed by atoms with Crippen LogP contribution in [0.5, 0.6) is 0 Å². The van der Waals surface area contributed by atoms with E-state index >= 15 is 0 Å². The van der Waals surface area contributed by atoms with Crippen molar-refractivity contribution >= 4 is 22.6 Å². The second kappa shape index (κ2) is 4.62. The van der Waals surface area contributed by atoms with E-state index in [1.165, 1.54) is 0 Å². The molecule has 0 radical (unpaired) electrons. The van der Waals surface area contributed by atoms with Gasteiger partial charge in [0, 0.05) is 18.9 Å². The van der Waals surface area contributed by atoms with Gasteiger partial charge in [-0.25, -0.2) is 4.98 Å². The number of hydrogen-bond donors (Lipinski definition) is 2. The third-order valence-electron chi connectivity index (χ3n) is 3.49. The van der Waals surface area contributed by atoms with Gasteiger partial charge in [0.05, 0.1) is 17.6 Å². The molecule has 0 aliphatic carbocycles. The summed E-state index contributed by atoms with van der Waals surface area (Å²) in [6.07, 6.45) is 2.25. The molecule has 0 spiro atoms. The molecule has 0 bridgehead atoms. The van der Waals surface area contributed by atoms with E-state index in [0.29, 0.717) is 12.3 Å². The monoisotopic (exact) mass is 259 g/mol. The van der Waals surface area contributed by atoms with Crippen LogP contribution in [0.15, 0.2) is 12.3 Å². The molecule has 0 aromatic carbocycles. The van der Waals surface area contributed by atoms with Crippen molar-refractivity contribution in [2.45, 2.75) is 13.3 Å². The van der Waals surface area contributed by atoms with Gasteiger partial charge >= 0.3 is 0 Å². The summed E-state index contributed by atoms with van der Waals surface area (Å²) in [4.78, 5) is 16.2. The van der Waals surface area contributed by atoms with Gasteiger partial charge in [-0.3, -0.25) is 9.48 Å². The number of anilines is 1. The Morgan fingerprint density at radius 1 is 1.58 bits per heavy atom. The van der Waals surface area contributed by atoms with Crippen molar-refractivity contribution in [2.24, 2.45) is 13.0 Å². The summed E-state index contributed by atoms with van der Waals surface area (Å²) in [6.45, 7) is 3.81. The van der Waals surface area contributed by atoms with Crippen LogP contribution in [-0.2, 0) is 11.8 Å². The van der Waals surface area contributed by atoms with Crippen molar-refractivity contribution in [2.75, 3.05) is 18.4 Å². The lowest BCUT2D eigenvalue weighted by molar-refractivity contribution is -0.117. The minimum atomic E-state index is 0.0502. The van der Waals surface area contributed by atoms with Crippen LogP contribution in [0.1, 0.15) is 12.1 Å². The lowest BCUT2D eigenvalue weighted by Gasteiger charge is -2.26. The van der Waals surface area contributed by atoms with Crippen molar-refractivity contribution in [1.82, 2.24) is 20.1 Å². The summed E-state index contributed by atoms with van der Waals surface area (Å²) >= 11 is 0. The van der Waals surface area contributed by atoms with E-state index < -0.39 is 0 Å². The SMILES string of the molecule is Cc1nn(C)c2ncc(NC(=O)CC3CNC3)cc12. The quantitative estimate of drug-likeness (QED) is 0.856. The molecule has 2 aromatic heterocycles. The molecule has 0 saturated carbocycles. The third-order valence-corrected chi connectivity index (χ3v) is 3.49. The maximum absolute atomic E-state index is 11.9. The Kier molecular flexibility index (Phi) is 2.94. The molecule has 3 rings (SSSR count). The van der Waals surface area contributed by atoms with E-state index in [0.717, 1.165) is 35.5 Å². The molecule has 3 heterocycles. The molecule has 0 unspecified atom stereocenters. The first-order chi connectivity index (χ1) is 9.13. The van der Waals surface area contributed by atoms with Gasteiger partial charge in [-0.2, -0.15) is 5.10 Å². The van der Waals surface area contributed by atoms with Gasteiger partial charge in [-0.15, -0.1) is 0 Å². The molecule has 6 nitrogen and oxygen atoms in total. The second-order valence-electron chi connectivity index (χ2n) is 5.08.